The first-order chi connectivity index (χ1) is 36.8. The normalized spacial score (nSPS) is 34.4. The molecule has 2 aromatic rings. The molecule has 5 fully saturated rings. The molecule has 18 atom stereocenters. The highest BCUT2D eigenvalue weighted by atomic mass is 32.2. The number of carbonyl (C=O) groups excluding carboxylic acids is 3. The highest BCUT2D eigenvalue weighted by Crippen LogP contribution is 2.68. The zero-order valence-corrected chi connectivity index (χ0v) is 48.4. The molecule has 0 bridgehead atoms. The lowest BCUT2D eigenvalue weighted by Gasteiger charge is -2.63. The number of aliphatic hydroxyl groups excluding tert-OH is 5. The van der Waals surface area contributed by atoms with Crippen molar-refractivity contribution in [2.45, 2.75) is 155 Å². The second-order valence-corrected chi connectivity index (χ2v) is 28.2. The predicted octanol–water partition coefficient (Wildman–Crippen LogP) is 0.461. The number of carbonyl (C=O) groups is 3. The van der Waals surface area contributed by atoms with Crippen LogP contribution in [0.15, 0.2) is 24.3 Å². The van der Waals surface area contributed by atoms with Crippen LogP contribution < -0.4 is 35.9 Å². The minimum Gasteiger partial charge on any atom is -0.790 e. The molecule has 0 spiro atoms. The first-order valence-electron chi connectivity index (χ1n) is 26.5. The number of hydrogen-bond acceptors (Lipinski definition) is 25. The molecule has 4 saturated carbocycles. The summed E-state index contributed by atoms with van der Waals surface area (Å²) < 4.78 is 61.1. The number of fused-ring (bicyclic) bond motifs is 6. The van der Waals surface area contributed by atoms with E-state index in [0.29, 0.717) is 31.3 Å². The summed E-state index contributed by atoms with van der Waals surface area (Å²) in [6.07, 6.45) is 0.211. The van der Waals surface area contributed by atoms with Crippen molar-refractivity contribution in [3.8, 4) is 0 Å². The number of ether oxygens (including phenoxy) is 1. The number of amides is 2. The van der Waals surface area contributed by atoms with Crippen molar-refractivity contribution in [2.24, 2.45) is 51.8 Å². The molecular formula is C48H74N7O20P3S-4. The van der Waals surface area contributed by atoms with Crippen LogP contribution in [0.3, 0.4) is 0 Å². The highest BCUT2D eigenvalue weighted by molar-refractivity contribution is 8.14. The molecule has 1 saturated heterocycles. The molecule has 446 valence electrons. The van der Waals surface area contributed by atoms with Crippen molar-refractivity contribution < 1.29 is 95.8 Å². The Morgan fingerprint density at radius 1 is 0.987 bits per heavy atom. The number of anilines is 1. The number of aliphatic hydroxyl groups is 5. The molecule has 7 rings (SSSR count). The number of imidazole rings is 1. The number of nitrogens with one attached hydrogen (secondary N) is 2. The van der Waals surface area contributed by atoms with Gasteiger partial charge in [-0.2, -0.15) is 0 Å². The molecule has 79 heavy (non-hydrogen) atoms. The van der Waals surface area contributed by atoms with Gasteiger partial charge in [0.15, 0.2) is 17.7 Å². The van der Waals surface area contributed by atoms with E-state index < -0.39 is 96.8 Å². The van der Waals surface area contributed by atoms with Gasteiger partial charge in [0.25, 0.3) is 15.6 Å². The lowest BCUT2D eigenvalue weighted by molar-refractivity contribution is -0.347. The molecular weight excluding hydrogens is 1120 g/mol. The minimum atomic E-state index is -5.95. The van der Waals surface area contributed by atoms with Gasteiger partial charge in [0.05, 0.1) is 45.7 Å². The number of aromatic nitrogens is 4. The Balaban J connectivity index is 0.781. The average molecular weight is 1190 g/mol. The summed E-state index contributed by atoms with van der Waals surface area (Å²) in [5.41, 5.74) is 4.33. The van der Waals surface area contributed by atoms with Crippen molar-refractivity contribution in [3.63, 3.8) is 0 Å². The van der Waals surface area contributed by atoms with Gasteiger partial charge in [-0.25, -0.2) is 19.3 Å². The molecule has 9 N–H and O–H groups in total. The van der Waals surface area contributed by atoms with Gasteiger partial charge >= 0.3 is 0 Å². The molecule has 2 amide bonds. The Kier molecular flexibility index (Phi) is 20.3. The van der Waals surface area contributed by atoms with E-state index in [2.05, 4.69) is 64.2 Å². The van der Waals surface area contributed by atoms with E-state index in [1.54, 1.807) is 6.92 Å². The zero-order valence-electron chi connectivity index (χ0n) is 44.9. The van der Waals surface area contributed by atoms with E-state index in [1.807, 2.05) is 6.08 Å². The molecule has 0 aromatic carbocycles. The number of thioether (sulfide) groups is 1. The Bertz CT molecular complexity index is 2700. The van der Waals surface area contributed by atoms with Crippen molar-refractivity contribution in [2.75, 3.05) is 37.8 Å². The summed E-state index contributed by atoms with van der Waals surface area (Å²) >= 11 is 1.04. The zero-order chi connectivity index (χ0) is 58.2. The lowest BCUT2D eigenvalue weighted by atomic mass is 9.43. The van der Waals surface area contributed by atoms with Crippen molar-refractivity contribution in [3.05, 3.63) is 24.3 Å². The van der Waals surface area contributed by atoms with E-state index in [4.69, 9.17) is 10.5 Å². The number of phosphoric ester groups is 3. The van der Waals surface area contributed by atoms with Gasteiger partial charge in [-0.15, -0.1) is 0 Å². The number of nitrogen functional groups attached to an aromatic ring is 1. The summed E-state index contributed by atoms with van der Waals surface area (Å²) in [4.78, 5) is 98.3. The van der Waals surface area contributed by atoms with Gasteiger partial charge in [0, 0.05) is 30.7 Å². The Labute approximate surface area is 462 Å². The molecule has 4 aliphatic carbocycles. The summed E-state index contributed by atoms with van der Waals surface area (Å²) in [5, 5.41) is 60.4. The van der Waals surface area contributed by atoms with Crippen LogP contribution >= 0.6 is 35.2 Å². The van der Waals surface area contributed by atoms with E-state index in [-0.39, 0.29) is 99.8 Å². The maximum atomic E-state index is 13.0. The topological polar surface area (TPSA) is 436 Å². The molecule has 2 unspecified atom stereocenters. The van der Waals surface area contributed by atoms with Gasteiger partial charge in [0.2, 0.25) is 16.9 Å². The summed E-state index contributed by atoms with van der Waals surface area (Å²) in [5.74, 6) is 0.0590. The molecule has 1 aliphatic heterocycles. The third-order valence-electron chi connectivity index (χ3n) is 17.6. The van der Waals surface area contributed by atoms with Crippen LogP contribution in [0, 0.1) is 51.8 Å². The van der Waals surface area contributed by atoms with Gasteiger partial charge in [-0.1, -0.05) is 52.5 Å². The van der Waals surface area contributed by atoms with Crippen LogP contribution in [0.1, 0.15) is 112 Å². The molecule has 3 heterocycles. The highest BCUT2D eigenvalue weighted by Gasteiger charge is 2.65. The van der Waals surface area contributed by atoms with Crippen molar-refractivity contribution >= 4 is 69.1 Å². The van der Waals surface area contributed by atoms with Crippen LogP contribution in [0.25, 0.3) is 11.2 Å². The molecule has 27 nitrogen and oxygen atoms in total. The third-order valence-corrected chi connectivity index (χ3v) is 21.6. The Hall–Kier alpha value is -2.82. The second-order valence-electron chi connectivity index (χ2n) is 23.1. The lowest BCUT2D eigenvalue weighted by Crippen LogP contribution is -2.62. The molecule has 0 radical (unpaired) electrons. The predicted molar refractivity (Wildman–Crippen MR) is 274 cm³/mol. The van der Waals surface area contributed by atoms with Gasteiger partial charge < -0.3 is 84.3 Å². The fraction of sp³-hybridized carbons (Fsp3) is 0.792. The van der Waals surface area contributed by atoms with E-state index in [0.717, 1.165) is 61.1 Å². The largest absolute Gasteiger partial charge is 0.790 e. The SMILES string of the molecule is C/C(=C\CC[C@@H](C)[C@H]1CC[C@H]2[C@@H]3[C@H](O)C[C@@H]4C[C@H](O)CC[C@]4(C)[C@H]3C[C@H](O)[C@]12C)C(=O)SCCNC(=O)CCNC(=O)[C@H](O)C(C)(C)COP(=O)([O-])OP(=O)([O-])OC[C@H]1O[C@@H](n2cnc3c(N)ncnc32)[C@H](O)[C@@H]1OP(=O)([O-])[O-]. The Morgan fingerprint density at radius 2 is 1.70 bits per heavy atom. The van der Waals surface area contributed by atoms with Crippen LogP contribution in [0.2, 0.25) is 0 Å². The van der Waals surface area contributed by atoms with E-state index >= 15 is 0 Å². The van der Waals surface area contributed by atoms with Crippen LogP contribution in [0.5, 0.6) is 0 Å². The number of nitrogens with zero attached hydrogens (tertiary/aromatic N) is 4. The van der Waals surface area contributed by atoms with Crippen LogP contribution in [0.4, 0.5) is 5.82 Å². The summed E-state index contributed by atoms with van der Waals surface area (Å²) in [6, 6.07) is 0. The average Bonchev–Trinajstić information content (AvgIpc) is 3.87. The summed E-state index contributed by atoms with van der Waals surface area (Å²) in [7, 11) is -17.7. The van der Waals surface area contributed by atoms with Gasteiger partial charge in [0.1, 0.15) is 36.3 Å². The molecule has 2 aromatic heterocycles. The number of hydrogen-bond donors (Lipinski definition) is 8. The van der Waals surface area contributed by atoms with Crippen molar-refractivity contribution in [1.29, 1.82) is 0 Å². The maximum Gasteiger partial charge on any atom is 0.274 e. The summed E-state index contributed by atoms with van der Waals surface area (Å²) in [6.45, 7) is 8.51. The van der Waals surface area contributed by atoms with Gasteiger partial charge in [-0.05, 0) is 117 Å². The number of nitrogens with two attached hydrogens (primary N) is 1. The van der Waals surface area contributed by atoms with E-state index in [1.165, 1.54) is 13.8 Å². The fourth-order valence-corrected chi connectivity index (χ4v) is 16.8. The number of allylic oxidation sites excluding steroid dienone is 1. The smallest absolute Gasteiger partial charge is 0.274 e. The molecule has 31 heteroatoms. The minimum absolute atomic E-state index is 0.00520. The number of rotatable bonds is 24. The van der Waals surface area contributed by atoms with Crippen LogP contribution in [-0.2, 0) is 50.7 Å². The third kappa shape index (κ3) is 14.6. The number of phosphoric acid groups is 3. The maximum absolute atomic E-state index is 13.0. The monoisotopic (exact) mass is 1190 g/mol. The Morgan fingerprint density at radius 3 is 2.41 bits per heavy atom. The first kappa shape index (κ1) is 63.8. The van der Waals surface area contributed by atoms with Crippen LogP contribution in [-0.4, -0.2) is 137 Å². The second kappa shape index (κ2) is 25.2. The van der Waals surface area contributed by atoms with Gasteiger partial charge in [-0.3, -0.25) is 28.1 Å². The fourth-order valence-electron chi connectivity index (χ4n) is 13.3. The standard InChI is InChI=1S/C48H78N7O20P3S/c1-25(29-10-11-30-36-31(20-34(58)48(29,30)6)47(5)14-12-28(56)18-27(47)19-32(36)57)8-7-9-26(2)45(63)79-17-16-50-35(59)13-15-51-43(62)40(61)46(3,4)22-72-78(69,70)75-77(67,68)71-21-33-39(74-76(64,65)66)38(60)44(73-33)55-24-54-37-41(49)52-23-53-42(37)55/h9,23-25,27-34,36,38-40,44,56-58,60-61H,7-8,10-22H2,1-6H3,(H,50,59)(H,51,62)(H,67,68)(H,69,70)(H2,49,52,53)(H2,64,65,66)/p-4/b26-9+/t25-,27+,28-,29-,30+,31+,32-,33-,34+,36+,38-,39-,40+,44-,47+,48-/m1/s1. The first-order valence-corrected chi connectivity index (χ1v) is 31.8. The molecule has 5 aliphatic rings. The van der Waals surface area contributed by atoms with Crippen molar-refractivity contribution in [1.82, 2.24) is 30.2 Å². The van der Waals surface area contributed by atoms with E-state index in [9.17, 15) is 73.2 Å². The quantitative estimate of drug-likeness (QED) is 0.0402.